The number of nitrogens with one attached hydrogen (secondary N) is 3. The Hall–Kier alpha value is -3.69. The van der Waals surface area contributed by atoms with Crippen molar-refractivity contribution >= 4 is 33.3 Å². The van der Waals surface area contributed by atoms with Crippen LogP contribution in [0.5, 0.6) is 0 Å². The molecule has 3 aromatic carbocycles. The second kappa shape index (κ2) is 8.81. The standard InChI is InChI=1S/C23H21N3O5S/c1-15-5-4-6-18(13-15)24-21(27)14-31-23(28)17-11-9-16(10-12-17)22-25-19-7-2-3-8-20(19)32(29,30)26-22/h2-13,22,25-26H,14H2,1H3,(H,24,27)/t22-/m0/s1. The van der Waals surface area contributed by atoms with Crippen molar-refractivity contribution in [3.8, 4) is 0 Å². The van der Waals surface area contributed by atoms with E-state index in [1.807, 2.05) is 25.1 Å². The van der Waals surface area contributed by atoms with Gasteiger partial charge in [-0.2, -0.15) is 4.72 Å². The van der Waals surface area contributed by atoms with Gasteiger partial charge in [-0.15, -0.1) is 0 Å². The summed E-state index contributed by atoms with van der Waals surface area (Å²) in [7, 11) is -3.66. The molecule has 0 aromatic heterocycles. The molecule has 0 saturated heterocycles. The van der Waals surface area contributed by atoms with E-state index in [2.05, 4.69) is 15.4 Å². The predicted molar refractivity (Wildman–Crippen MR) is 120 cm³/mol. The summed E-state index contributed by atoms with van der Waals surface area (Å²) in [5, 5.41) is 5.79. The molecule has 3 aromatic rings. The maximum Gasteiger partial charge on any atom is 0.338 e. The highest BCUT2D eigenvalue weighted by atomic mass is 32.2. The first kappa shape index (κ1) is 21.5. The number of ether oxygens (including phenoxy) is 1. The Kier molecular flexibility index (Phi) is 5.93. The average molecular weight is 452 g/mol. The summed E-state index contributed by atoms with van der Waals surface area (Å²) >= 11 is 0. The molecule has 1 amide bonds. The van der Waals surface area contributed by atoms with Crippen molar-refractivity contribution < 1.29 is 22.7 Å². The van der Waals surface area contributed by atoms with Crippen LogP contribution in [-0.2, 0) is 19.6 Å². The maximum absolute atomic E-state index is 12.5. The average Bonchev–Trinajstić information content (AvgIpc) is 2.77. The van der Waals surface area contributed by atoms with Crippen LogP contribution in [0.25, 0.3) is 0 Å². The van der Waals surface area contributed by atoms with Crippen LogP contribution in [0.1, 0.15) is 27.7 Å². The van der Waals surface area contributed by atoms with Crippen LogP contribution in [0.4, 0.5) is 11.4 Å². The highest BCUT2D eigenvalue weighted by molar-refractivity contribution is 7.89. The van der Waals surface area contributed by atoms with E-state index < -0.39 is 34.7 Å². The van der Waals surface area contributed by atoms with E-state index in [-0.39, 0.29) is 10.5 Å². The number of hydrogen-bond donors (Lipinski definition) is 3. The summed E-state index contributed by atoms with van der Waals surface area (Å²) in [5.41, 5.74) is 2.99. The van der Waals surface area contributed by atoms with Gasteiger partial charge in [-0.05, 0) is 54.4 Å². The molecule has 0 bridgehead atoms. The zero-order valence-electron chi connectivity index (χ0n) is 17.2. The maximum atomic E-state index is 12.5. The molecule has 164 valence electrons. The Balaban J connectivity index is 1.37. The van der Waals surface area contributed by atoms with Gasteiger partial charge in [0.1, 0.15) is 11.1 Å². The summed E-state index contributed by atoms with van der Waals surface area (Å²) in [5.74, 6) is -1.10. The SMILES string of the molecule is Cc1cccc(NC(=O)COC(=O)c2ccc([C@H]3Nc4ccccc4S(=O)(=O)N3)cc2)c1. The second-order valence-electron chi connectivity index (χ2n) is 7.31. The number of anilines is 2. The Morgan fingerprint density at radius 3 is 2.50 bits per heavy atom. The summed E-state index contributed by atoms with van der Waals surface area (Å²) < 4.78 is 32.6. The predicted octanol–water partition coefficient (Wildman–Crippen LogP) is 3.19. The lowest BCUT2D eigenvalue weighted by molar-refractivity contribution is -0.119. The topological polar surface area (TPSA) is 114 Å². The fourth-order valence-corrected chi connectivity index (χ4v) is 4.63. The van der Waals surface area contributed by atoms with Crippen LogP contribution in [0.3, 0.4) is 0 Å². The third-order valence-electron chi connectivity index (χ3n) is 4.87. The largest absolute Gasteiger partial charge is 0.452 e. The van der Waals surface area contributed by atoms with E-state index in [1.54, 1.807) is 36.4 Å². The molecule has 4 rings (SSSR count). The fraction of sp³-hybridized carbons (Fsp3) is 0.130. The molecule has 0 aliphatic carbocycles. The zero-order valence-corrected chi connectivity index (χ0v) is 18.0. The summed E-state index contributed by atoms with van der Waals surface area (Å²) in [6.45, 7) is 1.49. The number of carbonyl (C=O) groups is 2. The van der Waals surface area contributed by atoms with Crippen LogP contribution >= 0.6 is 0 Å². The van der Waals surface area contributed by atoms with Crippen molar-refractivity contribution in [2.75, 3.05) is 17.2 Å². The second-order valence-corrected chi connectivity index (χ2v) is 8.99. The van der Waals surface area contributed by atoms with Crippen LogP contribution < -0.4 is 15.4 Å². The first-order valence-electron chi connectivity index (χ1n) is 9.83. The number of amides is 1. The van der Waals surface area contributed by atoms with E-state index >= 15 is 0 Å². The Labute approximate surface area is 185 Å². The van der Waals surface area contributed by atoms with Crippen molar-refractivity contribution in [1.82, 2.24) is 4.72 Å². The molecule has 1 heterocycles. The molecule has 0 unspecified atom stereocenters. The van der Waals surface area contributed by atoms with Gasteiger partial charge in [-0.3, -0.25) is 4.79 Å². The first-order valence-corrected chi connectivity index (χ1v) is 11.3. The Morgan fingerprint density at radius 2 is 1.75 bits per heavy atom. The smallest absolute Gasteiger partial charge is 0.338 e. The highest BCUT2D eigenvalue weighted by Crippen LogP contribution is 2.30. The number of esters is 1. The number of para-hydroxylation sites is 1. The molecule has 1 atom stereocenters. The van der Waals surface area contributed by atoms with Crippen molar-refractivity contribution in [1.29, 1.82) is 0 Å². The molecule has 0 radical (unpaired) electrons. The summed E-state index contributed by atoms with van der Waals surface area (Å²) in [4.78, 5) is 24.5. The molecule has 0 fully saturated rings. The van der Waals surface area contributed by atoms with Gasteiger partial charge in [0.25, 0.3) is 5.91 Å². The lowest BCUT2D eigenvalue weighted by Crippen LogP contribution is -2.38. The molecular weight excluding hydrogens is 430 g/mol. The van der Waals surface area contributed by atoms with Gasteiger partial charge in [0.2, 0.25) is 10.0 Å². The molecule has 0 spiro atoms. The zero-order chi connectivity index (χ0) is 22.7. The molecule has 8 nitrogen and oxygen atoms in total. The Morgan fingerprint density at radius 1 is 1.00 bits per heavy atom. The summed E-state index contributed by atoms with van der Waals surface area (Å²) in [6, 6.07) is 20.2. The number of hydrogen-bond acceptors (Lipinski definition) is 6. The monoisotopic (exact) mass is 451 g/mol. The van der Waals surface area contributed by atoms with Crippen LogP contribution in [0.2, 0.25) is 0 Å². The summed E-state index contributed by atoms with van der Waals surface area (Å²) in [6.07, 6.45) is -0.680. The van der Waals surface area contributed by atoms with E-state index in [0.717, 1.165) is 5.56 Å². The number of fused-ring (bicyclic) bond motifs is 1. The number of aryl methyl sites for hydroxylation is 1. The van der Waals surface area contributed by atoms with Crippen LogP contribution in [0, 0.1) is 6.92 Å². The number of sulfonamides is 1. The molecule has 9 heteroatoms. The van der Waals surface area contributed by atoms with E-state index in [9.17, 15) is 18.0 Å². The normalized spacial score (nSPS) is 16.3. The van der Waals surface area contributed by atoms with Gasteiger partial charge in [0.15, 0.2) is 6.61 Å². The minimum absolute atomic E-state index is 0.181. The minimum Gasteiger partial charge on any atom is -0.452 e. The number of benzene rings is 3. The van der Waals surface area contributed by atoms with E-state index in [0.29, 0.717) is 16.9 Å². The minimum atomic E-state index is -3.66. The number of rotatable bonds is 5. The quantitative estimate of drug-likeness (QED) is 0.514. The van der Waals surface area contributed by atoms with Crippen LogP contribution in [0.15, 0.2) is 77.7 Å². The molecule has 1 aliphatic heterocycles. The van der Waals surface area contributed by atoms with Gasteiger partial charge in [0.05, 0.1) is 11.3 Å². The third kappa shape index (κ3) is 4.79. The number of carbonyl (C=O) groups excluding carboxylic acids is 2. The van der Waals surface area contributed by atoms with Crippen LogP contribution in [-0.4, -0.2) is 26.9 Å². The molecule has 32 heavy (non-hydrogen) atoms. The molecule has 3 N–H and O–H groups in total. The van der Waals surface area contributed by atoms with Gasteiger partial charge in [-0.1, -0.05) is 36.4 Å². The fourth-order valence-electron chi connectivity index (χ4n) is 3.32. The lowest BCUT2D eigenvalue weighted by atomic mass is 10.1. The lowest BCUT2D eigenvalue weighted by Gasteiger charge is -2.28. The van der Waals surface area contributed by atoms with E-state index in [1.165, 1.54) is 18.2 Å². The third-order valence-corrected chi connectivity index (χ3v) is 6.35. The first-order chi connectivity index (χ1) is 15.3. The molecule has 1 aliphatic rings. The van der Waals surface area contributed by atoms with Crippen molar-refractivity contribution in [3.63, 3.8) is 0 Å². The molecular formula is C23H21N3O5S. The van der Waals surface area contributed by atoms with Gasteiger partial charge < -0.3 is 15.4 Å². The highest BCUT2D eigenvalue weighted by Gasteiger charge is 2.29. The van der Waals surface area contributed by atoms with Gasteiger partial charge in [0, 0.05) is 5.69 Å². The van der Waals surface area contributed by atoms with Crippen molar-refractivity contribution in [2.24, 2.45) is 0 Å². The van der Waals surface area contributed by atoms with Crippen molar-refractivity contribution in [2.45, 2.75) is 18.0 Å². The van der Waals surface area contributed by atoms with Gasteiger partial charge >= 0.3 is 5.97 Å². The van der Waals surface area contributed by atoms with Gasteiger partial charge in [-0.25, -0.2) is 13.2 Å². The Bertz CT molecular complexity index is 1270. The van der Waals surface area contributed by atoms with Crippen molar-refractivity contribution in [3.05, 3.63) is 89.5 Å². The molecule has 0 saturated carbocycles. The van der Waals surface area contributed by atoms with E-state index in [4.69, 9.17) is 4.74 Å².